The Kier molecular flexibility index (Phi) is 7.19. The van der Waals surface area contributed by atoms with Gasteiger partial charge in [0.1, 0.15) is 5.75 Å². The summed E-state index contributed by atoms with van der Waals surface area (Å²) >= 11 is 0. The second kappa shape index (κ2) is 10.2. The Morgan fingerprint density at radius 1 is 0.767 bits per heavy atom. The zero-order chi connectivity index (χ0) is 21.3. The topological polar surface area (TPSA) is 70.7 Å². The van der Waals surface area contributed by atoms with E-state index in [1.807, 2.05) is 54.6 Å². The fourth-order valence-corrected chi connectivity index (χ4v) is 3.02. The molecule has 0 aliphatic rings. The van der Waals surface area contributed by atoms with Crippen molar-refractivity contribution in [2.75, 3.05) is 37.9 Å². The van der Waals surface area contributed by atoms with Gasteiger partial charge in [0, 0.05) is 17.4 Å². The first-order valence-electron chi connectivity index (χ1n) is 9.61. The second-order valence-electron chi connectivity index (χ2n) is 6.94. The highest BCUT2D eigenvalue weighted by Crippen LogP contribution is 2.21. The van der Waals surface area contributed by atoms with Crippen molar-refractivity contribution in [1.29, 1.82) is 0 Å². The third-order valence-electron chi connectivity index (χ3n) is 4.46. The molecule has 3 aromatic carbocycles. The minimum atomic E-state index is -0.203. The number of hydrogen-bond donors (Lipinski definition) is 2. The first-order valence-corrected chi connectivity index (χ1v) is 9.61. The maximum Gasteiger partial charge on any atom is 0.238 e. The largest absolute Gasteiger partial charge is 0.497 e. The fraction of sp³-hybridized carbons (Fsp3) is 0.167. The Bertz CT molecular complexity index is 988. The number of benzene rings is 3. The van der Waals surface area contributed by atoms with Gasteiger partial charge in [0.15, 0.2) is 0 Å². The average molecular weight is 403 g/mol. The van der Waals surface area contributed by atoms with Gasteiger partial charge in [0.05, 0.1) is 20.2 Å². The number of nitrogens with zero attached hydrogens (tertiary/aromatic N) is 1. The minimum absolute atomic E-state index is 0.0948. The van der Waals surface area contributed by atoms with Crippen molar-refractivity contribution >= 4 is 23.2 Å². The van der Waals surface area contributed by atoms with Crippen LogP contribution in [0.3, 0.4) is 0 Å². The van der Waals surface area contributed by atoms with Gasteiger partial charge in [-0.05, 0) is 42.4 Å². The van der Waals surface area contributed by atoms with Gasteiger partial charge < -0.3 is 15.4 Å². The zero-order valence-corrected chi connectivity index (χ0v) is 17.1. The number of anilines is 2. The molecule has 2 amide bonds. The van der Waals surface area contributed by atoms with Crippen molar-refractivity contribution in [3.8, 4) is 16.9 Å². The molecule has 0 radical (unpaired) electrons. The summed E-state index contributed by atoms with van der Waals surface area (Å²) < 4.78 is 5.14. The number of methoxy groups -OCH3 is 1. The molecule has 0 aliphatic carbocycles. The van der Waals surface area contributed by atoms with Crippen molar-refractivity contribution in [1.82, 2.24) is 4.90 Å². The summed E-state index contributed by atoms with van der Waals surface area (Å²) in [7, 11) is 3.30. The van der Waals surface area contributed by atoms with E-state index in [-0.39, 0.29) is 24.9 Å². The molecule has 6 nitrogen and oxygen atoms in total. The van der Waals surface area contributed by atoms with Gasteiger partial charge in [-0.25, -0.2) is 0 Å². The highest BCUT2D eigenvalue weighted by Gasteiger charge is 2.11. The Labute approximate surface area is 176 Å². The van der Waals surface area contributed by atoms with Gasteiger partial charge in [-0.2, -0.15) is 0 Å². The number of ether oxygens (including phenoxy) is 1. The minimum Gasteiger partial charge on any atom is -0.497 e. The number of nitrogens with one attached hydrogen (secondary N) is 2. The van der Waals surface area contributed by atoms with Gasteiger partial charge in [-0.1, -0.05) is 48.5 Å². The summed E-state index contributed by atoms with van der Waals surface area (Å²) in [5.41, 5.74) is 3.57. The summed E-state index contributed by atoms with van der Waals surface area (Å²) in [6.45, 7) is 0.198. The lowest BCUT2D eigenvalue weighted by atomic mass is 10.1. The molecule has 0 spiro atoms. The van der Waals surface area contributed by atoms with Crippen LogP contribution in [-0.4, -0.2) is 44.0 Å². The molecule has 0 heterocycles. The molecule has 0 fully saturated rings. The molecule has 0 saturated heterocycles. The lowest BCUT2D eigenvalue weighted by molar-refractivity contribution is -0.119. The van der Waals surface area contributed by atoms with Crippen molar-refractivity contribution in [2.24, 2.45) is 0 Å². The predicted molar refractivity (Wildman–Crippen MR) is 120 cm³/mol. The molecule has 30 heavy (non-hydrogen) atoms. The van der Waals surface area contributed by atoms with Crippen LogP contribution in [0.4, 0.5) is 11.4 Å². The van der Waals surface area contributed by atoms with E-state index >= 15 is 0 Å². The maximum absolute atomic E-state index is 12.3. The molecule has 6 heteroatoms. The van der Waals surface area contributed by atoms with Crippen molar-refractivity contribution in [3.05, 3.63) is 78.9 Å². The molecule has 154 valence electrons. The number of amides is 2. The fourth-order valence-electron chi connectivity index (χ4n) is 3.02. The van der Waals surface area contributed by atoms with E-state index in [1.54, 1.807) is 43.3 Å². The maximum atomic E-state index is 12.3. The van der Waals surface area contributed by atoms with E-state index in [9.17, 15) is 9.59 Å². The van der Waals surface area contributed by atoms with Crippen molar-refractivity contribution in [2.45, 2.75) is 0 Å². The Morgan fingerprint density at radius 2 is 1.37 bits per heavy atom. The van der Waals surface area contributed by atoms with E-state index < -0.39 is 0 Å². The van der Waals surface area contributed by atoms with Gasteiger partial charge in [-0.15, -0.1) is 0 Å². The number of likely N-dealkylation sites (N-methyl/N-ethyl adjacent to an activating group) is 1. The van der Waals surface area contributed by atoms with Crippen LogP contribution in [0.5, 0.6) is 5.75 Å². The van der Waals surface area contributed by atoms with E-state index in [1.165, 1.54) is 0 Å². The summed E-state index contributed by atoms with van der Waals surface area (Å²) in [4.78, 5) is 26.2. The summed E-state index contributed by atoms with van der Waals surface area (Å²) in [6.07, 6.45) is 0. The number of carbonyl (C=O) groups is 2. The van der Waals surface area contributed by atoms with Gasteiger partial charge in [0.2, 0.25) is 11.8 Å². The first-order chi connectivity index (χ1) is 14.5. The zero-order valence-electron chi connectivity index (χ0n) is 17.1. The Hall–Kier alpha value is -3.64. The summed E-state index contributed by atoms with van der Waals surface area (Å²) in [5, 5.41) is 5.66. The molecule has 3 rings (SSSR count). The highest BCUT2D eigenvalue weighted by molar-refractivity contribution is 5.94. The van der Waals surface area contributed by atoms with E-state index in [4.69, 9.17) is 4.74 Å². The van der Waals surface area contributed by atoms with Gasteiger partial charge in [-0.3, -0.25) is 14.5 Å². The van der Waals surface area contributed by atoms with Crippen LogP contribution in [0.25, 0.3) is 11.1 Å². The molecular formula is C24H25N3O3. The predicted octanol–water partition coefficient (Wildman–Crippen LogP) is 3.87. The first kappa shape index (κ1) is 21.1. The normalized spacial score (nSPS) is 10.5. The van der Waals surface area contributed by atoms with Crippen LogP contribution in [0.2, 0.25) is 0 Å². The van der Waals surface area contributed by atoms with Crippen LogP contribution in [0.15, 0.2) is 78.9 Å². The van der Waals surface area contributed by atoms with Crippen molar-refractivity contribution < 1.29 is 14.3 Å². The van der Waals surface area contributed by atoms with Gasteiger partial charge >= 0.3 is 0 Å². The number of hydrogen-bond acceptors (Lipinski definition) is 4. The monoisotopic (exact) mass is 403 g/mol. The lowest BCUT2D eigenvalue weighted by Crippen LogP contribution is -2.36. The number of carbonyl (C=O) groups excluding carboxylic acids is 2. The van der Waals surface area contributed by atoms with Crippen LogP contribution in [0.1, 0.15) is 0 Å². The van der Waals surface area contributed by atoms with Crippen LogP contribution < -0.4 is 15.4 Å². The third-order valence-corrected chi connectivity index (χ3v) is 4.46. The van der Waals surface area contributed by atoms with E-state index in [0.29, 0.717) is 17.1 Å². The van der Waals surface area contributed by atoms with E-state index in [0.717, 1.165) is 11.1 Å². The SMILES string of the molecule is COc1cccc(NC(=O)CN(C)CC(=O)Nc2ccc(-c3ccccc3)cc2)c1. The standard InChI is InChI=1S/C24H25N3O3/c1-27(17-24(29)26-21-9-6-10-22(15-21)30-2)16-23(28)25-20-13-11-19(12-14-20)18-7-4-3-5-8-18/h3-15H,16-17H2,1-2H3,(H,25,28)(H,26,29). The van der Waals surface area contributed by atoms with Crippen LogP contribution in [-0.2, 0) is 9.59 Å². The number of rotatable bonds is 8. The Balaban J connectivity index is 1.47. The van der Waals surface area contributed by atoms with Crippen molar-refractivity contribution in [3.63, 3.8) is 0 Å². The highest BCUT2D eigenvalue weighted by atomic mass is 16.5. The average Bonchev–Trinajstić information content (AvgIpc) is 2.74. The Morgan fingerprint density at radius 3 is 2.00 bits per heavy atom. The molecule has 0 atom stereocenters. The quantitative estimate of drug-likeness (QED) is 0.599. The lowest BCUT2D eigenvalue weighted by Gasteiger charge is -2.16. The van der Waals surface area contributed by atoms with E-state index in [2.05, 4.69) is 10.6 Å². The molecule has 0 unspecified atom stereocenters. The molecule has 0 bridgehead atoms. The molecule has 0 saturated carbocycles. The summed E-state index contributed by atoms with van der Waals surface area (Å²) in [6, 6.07) is 24.8. The third kappa shape index (κ3) is 6.18. The van der Waals surface area contributed by atoms with Gasteiger partial charge in [0.25, 0.3) is 0 Å². The van der Waals surface area contributed by atoms with Crippen LogP contribution in [0, 0.1) is 0 Å². The molecular weight excluding hydrogens is 378 g/mol. The van der Waals surface area contributed by atoms with Crippen LogP contribution >= 0.6 is 0 Å². The second-order valence-corrected chi connectivity index (χ2v) is 6.94. The molecule has 0 aromatic heterocycles. The molecule has 0 aliphatic heterocycles. The molecule has 3 aromatic rings. The smallest absolute Gasteiger partial charge is 0.238 e. The summed E-state index contributed by atoms with van der Waals surface area (Å²) in [5.74, 6) is 0.281. The molecule has 2 N–H and O–H groups in total.